The van der Waals surface area contributed by atoms with Crippen LogP contribution in [-0.2, 0) is 15.0 Å². The number of piperazine rings is 1. The van der Waals surface area contributed by atoms with E-state index in [0.717, 1.165) is 0 Å². The van der Waals surface area contributed by atoms with Crippen LogP contribution in [0.15, 0.2) is 0 Å². The molecule has 1 fully saturated rings. The number of nitrogens with two attached hydrogens (primary N) is 1. The van der Waals surface area contributed by atoms with E-state index in [2.05, 4.69) is 0 Å². The molecule has 0 aromatic heterocycles. The van der Waals surface area contributed by atoms with Crippen molar-refractivity contribution in [2.45, 2.75) is 13.8 Å². The average molecular weight is 278 g/mol. The molecule has 0 saturated carbocycles. The lowest BCUT2D eigenvalue weighted by Gasteiger charge is -2.35. The molecule has 0 bridgehead atoms. The first kappa shape index (κ1) is 15.4. The Kier molecular flexibility index (Phi) is 5.51. The minimum Gasteiger partial charge on any atom is -0.369 e. The average Bonchev–Trinajstić information content (AvgIpc) is 2.30. The second-order valence-corrected chi connectivity index (χ2v) is 6.16. The standard InChI is InChI=1S/C10H22N4O3S/c1-3-13(4-2)18(16,17)14-7-5-12(6-8-14)9-10(11)15/h3-9H2,1-2H3,(H2,11,15). The molecule has 0 atom stereocenters. The fourth-order valence-electron chi connectivity index (χ4n) is 2.05. The Morgan fingerprint density at radius 1 is 1.17 bits per heavy atom. The Labute approximate surface area is 109 Å². The maximum Gasteiger partial charge on any atom is 0.282 e. The summed E-state index contributed by atoms with van der Waals surface area (Å²) in [6.45, 7) is 6.69. The normalized spacial score (nSPS) is 19.3. The van der Waals surface area contributed by atoms with Gasteiger partial charge in [-0.15, -0.1) is 0 Å². The van der Waals surface area contributed by atoms with Crippen molar-refractivity contribution in [2.75, 3.05) is 45.8 Å². The van der Waals surface area contributed by atoms with E-state index in [9.17, 15) is 13.2 Å². The number of carbonyl (C=O) groups excluding carboxylic acids is 1. The van der Waals surface area contributed by atoms with Gasteiger partial charge in [-0.3, -0.25) is 9.69 Å². The fraction of sp³-hybridized carbons (Fsp3) is 0.900. The summed E-state index contributed by atoms with van der Waals surface area (Å²) in [6.07, 6.45) is 0. The Hall–Kier alpha value is -0.700. The van der Waals surface area contributed by atoms with Gasteiger partial charge in [0, 0.05) is 39.3 Å². The molecule has 0 spiro atoms. The van der Waals surface area contributed by atoms with Gasteiger partial charge in [-0.25, -0.2) is 0 Å². The highest BCUT2D eigenvalue weighted by molar-refractivity contribution is 7.86. The maximum atomic E-state index is 12.2. The van der Waals surface area contributed by atoms with E-state index in [1.165, 1.54) is 8.61 Å². The van der Waals surface area contributed by atoms with Crippen molar-refractivity contribution in [3.05, 3.63) is 0 Å². The molecule has 0 aliphatic carbocycles. The van der Waals surface area contributed by atoms with Crippen LogP contribution in [0.1, 0.15) is 13.8 Å². The molecular formula is C10H22N4O3S. The third-order valence-corrected chi connectivity index (χ3v) is 5.26. The summed E-state index contributed by atoms with van der Waals surface area (Å²) in [5, 5.41) is 0. The SMILES string of the molecule is CCN(CC)S(=O)(=O)N1CCN(CC(N)=O)CC1. The van der Waals surface area contributed by atoms with Gasteiger partial charge in [0.05, 0.1) is 6.54 Å². The third kappa shape index (κ3) is 3.64. The molecule has 1 aliphatic heterocycles. The zero-order valence-corrected chi connectivity index (χ0v) is 11.8. The van der Waals surface area contributed by atoms with Gasteiger partial charge >= 0.3 is 0 Å². The third-order valence-electron chi connectivity index (χ3n) is 3.07. The number of amides is 1. The fourth-order valence-corrected chi connectivity index (χ4v) is 3.66. The Morgan fingerprint density at radius 2 is 1.67 bits per heavy atom. The molecular weight excluding hydrogens is 256 g/mol. The van der Waals surface area contributed by atoms with Crippen molar-refractivity contribution >= 4 is 16.1 Å². The minimum atomic E-state index is -3.35. The summed E-state index contributed by atoms with van der Waals surface area (Å²) in [5.41, 5.74) is 5.11. The van der Waals surface area contributed by atoms with Gasteiger partial charge in [0.15, 0.2) is 0 Å². The van der Waals surface area contributed by atoms with Crippen LogP contribution < -0.4 is 5.73 Å². The monoisotopic (exact) mass is 278 g/mol. The first-order chi connectivity index (χ1) is 8.41. The molecule has 1 heterocycles. The van der Waals surface area contributed by atoms with Crippen LogP contribution in [0.25, 0.3) is 0 Å². The van der Waals surface area contributed by atoms with Gasteiger partial charge in [-0.2, -0.15) is 17.0 Å². The Morgan fingerprint density at radius 3 is 2.06 bits per heavy atom. The minimum absolute atomic E-state index is 0.194. The predicted molar refractivity (Wildman–Crippen MR) is 69.0 cm³/mol. The molecule has 2 N–H and O–H groups in total. The topological polar surface area (TPSA) is 87.0 Å². The molecule has 8 heteroatoms. The summed E-state index contributed by atoms with van der Waals surface area (Å²) in [6, 6.07) is 0. The molecule has 1 aliphatic rings. The molecule has 0 aromatic rings. The van der Waals surface area contributed by atoms with Crippen LogP contribution in [0.4, 0.5) is 0 Å². The smallest absolute Gasteiger partial charge is 0.282 e. The number of hydrogen-bond acceptors (Lipinski definition) is 4. The van der Waals surface area contributed by atoms with Crippen molar-refractivity contribution in [2.24, 2.45) is 5.73 Å². The number of rotatable bonds is 6. The number of carbonyl (C=O) groups is 1. The highest BCUT2D eigenvalue weighted by Gasteiger charge is 2.30. The first-order valence-electron chi connectivity index (χ1n) is 6.17. The second-order valence-electron chi connectivity index (χ2n) is 4.23. The van der Waals surface area contributed by atoms with E-state index in [-0.39, 0.29) is 12.5 Å². The molecule has 1 rings (SSSR count). The molecule has 0 radical (unpaired) electrons. The number of primary amides is 1. The highest BCUT2D eigenvalue weighted by atomic mass is 32.2. The van der Waals surface area contributed by atoms with Gasteiger partial charge in [0.25, 0.3) is 10.2 Å². The largest absolute Gasteiger partial charge is 0.369 e. The van der Waals surface area contributed by atoms with Crippen molar-refractivity contribution in [1.29, 1.82) is 0 Å². The van der Waals surface area contributed by atoms with Crippen LogP contribution in [0.2, 0.25) is 0 Å². The van der Waals surface area contributed by atoms with Crippen LogP contribution >= 0.6 is 0 Å². The van der Waals surface area contributed by atoms with E-state index in [1.54, 1.807) is 0 Å². The van der Waals surface area contributed by atoms with Gasteiger partial charge in [-0.1, -0.05) is 13.8 Å². The van der Waals surface area contributed by atoms with E-state index < -0.39 is 10.2 Å². The molecule has 7 nitrogen and oxygen atoms in total. The Balaban J connectivity index is 2.59. The Bertz CT molecular complexity index is 373. The first-order valence-corrected chi connectivity index (χ1v) is 7.57. The van der Waals surface area contributed by atoms with Crippen LogP contribution in [0, 0.1) is 0 Å². The summed E-state index contributed by atoms with van der Waals surface area (Å²) < 4.78 is 27.3. The molecule has 0 unspecified atom stereocenters. The number of nitrogens with zero attached hydrogens (tertiary/aromatic N) is 3. The van der Waals surface area contributed by atoms with Gasteiger partial charge in [-0.05, 0) is 0 Å². The van der Waals surface area contributed by atoms with E-state index in [1.807, 2.05) is 18.7 Å². The highest BCUT2D eigenvalue weighted by Crippen LogP contribution is 2.11. The van der Waals surface area contributed by atoms with Gasteiger partial charge < -0.3 is 5.73 Å². The summed E-state index contributed by atoms with van der Waals surface area (Å²) in [5.74, 6) is -0.380. The molecule has 1 amide bonds. The summed E-state index contributed by atoms with van der Waals surface area (Å²) in [7, 11) is -3.35. The molecule has 0 aromatic carbocycles. The van der Waals surface area contributed by atoms with Gasteiger partial charge in [0.2, 0.25) is 5.91 Å². The zero-order chi connectivity index (χ0) is 13.8. The van der Waals surface area contributed by atoms with Crippen molar-refractivity contribution in [3.8, 4) is 0 Å². The second kappa shape index (κ2) is 6.46. The predicted octanol–water partition coefficient (Wildman–Crippen LogP) is -1.32. The molecule has 18 heavy (non-hydrogen) atoms. The lowest BCUT2D eigenvalue weighted by molar-refractivity contribution is -0.119. The maximum absolute atomic E-state index is 12.2. The van der Waals surface area contributed by atoms with Crippen LogP contribution in [-0.4, -0.2) is 73.6 Å². The molecule has 1 saturated heterocycles. The summed E-state index contributed by atoms with van der Waals surface area (Å²) in [4.78, 5) is 12.7. The zero-order valence-electron chi connectivity index (χ0n) is 11.0. The van der Waals surface area contributed by atoms with Crippen molar-refractivity contribution < 1.29 is 13.2 Å². The number of hydrogen-bond donors (Lipinski definition) is 1. The van der Waals surface area contributed by atoms with E-state index in [0.29, 0.717) is 39.3 Å². The van der Waals surface area contributed by atoms with Crippen LogP contribution in [0.3, 0.4) is 0 Å². The van der Waals surface area contributed by atoms with E-state index >= 15 is 0 Å². The quantitative estimate of drug-likeness (QED) is 0.652. The summed E-state index contributed by atoms with van der Waals surface area (Å²) >= 11 is 0. The van der Waals surface area contributed by atoms with Gasteiger partial charge in [0.1, 0.15) is 0 Å². The van der Waals surface area contributed by atoms with Crippen molar-refractivity contribution in [3.63, 3.8) is 0 Å². The van der Waals surface area contributed by atoms with E-state index in [4.69, 9.17) is 5.73 Å². The lowest BCUT2D eigenvalue weighted by atomic mass is 10.3. The lowest BCUT2D eigenvalue weighted by Crippen LogP contribution is -2.54. The molecule has 106 valence electrons. The van der Waals surface area contributed by atoms with Crippen molar-refractivity contribution in [1.82, 2.24) is 13.5 Å². The van der Waals surface area contributed by atoms with Crippen LogP contribution in [0.5, 0.6) is 0 Å².